The van der Waals surface area contributed by atoms with Crippen LogP contribution in [0.2, 0.25) is 0 Å². The molecular formula is C39H70O5. The van der Waals surface area contributed by atoms with Crippen molar-refractivity contribution in [3.05, 3.63) is 36.5 Å². The molecule has 0 saturated heterocycles. The van der Waals surface area contributed by atoms with Crippen molar-refractivity contribution in [3.8, 4) is 0 Å². The number of hydrogen-bond donors (Lipinski definition) is 1. The first-order valence-electron chi connectivity index (χ1n) is 18.5. The van der Waals surface area contributed by atoms with Crippen LogP contribution in [0.3, 0.4) is 0 Å². The zero-order chi connectivity index (χ0) is 32.2. The summed E-state index contributed by atoms with van der Waals surface area (Å²) in [6.45, 7) is 4.08. The highest BCUT2D eigenvalue weighted by Gasteiger charge is 2.16. The van der Waals surface area contributed by atoms with Gasteiger partial charge in [0.2, 0.25) is 0 Å². The number of aliphatic hydroxyl groups excluding tert-OH is 1. The van der Waals surface area contributed by atoms with Crippen LogP contribution in [0.5, 0.6) is 0 Å². The number of unbranched alkanes of at least 4 members (excludes halogenated alkanes) is 19. The second kappa shape index (κ2) is 35.6. The van der Waals surface area contributed by atoms with E-state index in [1.54, 1.807) is 0 Å². The van der Waals surface area contributed by atoms with Crippen LogP contribution in [0, 0.1) is 0 Å². The monoisotopic (exact) mass is 619 g/mol. The van der Waals surface area contributed by atoms with Crippen molar-refractivity contribution >= 4 is 11.9 Å². The van der Waals surface area contributed by atoms with E-state index in [2.05, 4.69) is 50.3 Å². The molecule has 0 aromatic rings. The zero-order valence-electron chi connectivity index (χ0n) is 28.9. The molecule has 1 N–H and O–H groups in total. The summed E-state index contributed by atoms with van der Waals surface area (Å²) in [5.74, 6) is -0.614. The number of hydrogen-bond acceptors (Lipinski definition) is 5. The number of carbonyl (C=O) groups is 2. The molecule has 5 nitrogen and oxygen atoms in total. The van der Waals surface area contributed by atoms with Crippen LogP contribution in [-0.2, 0) is 19.1 Å². The highest BCUT2D eigenvalue weighted by Crippen LogP contribution is 2.13. The van der Waals surface area contributed by atoms with Crippen LogP contribution in [0.4, 0.5) is 0 Å². The van der Waals surface area contributed by atoms with Crippen LogP contribution in [0.25, 0.3) is 0 Å². The van der Waals surface area contributed by atoms with Gasteiger partial charge in [-0.1, -0.05) is 153 Å². The summed E-state index contributed by atoms with van der Waals surface area (Å²) in [5, 5.41) is 9.52. The Labute approximate surface area is 272 Å². The predicted molar refractivity (Wildman–Crippen MR) is 187 cm³/mol. The van der Waals surface area contributed by atoms with E-state index in [1.165, 1.54) is 89.9 Å². The van der Waals surface area contributed by atoms with Gasteiger partial charge < -0.3 is 14.6 Å². The fourth-order valence-corrected chi connectivity index (χ4v) is 5.09. The van der Waals surface area contributed by atoms with E-state index in [0.717, 1.165) is 64.2 Å². The summed E-state index contributed by atoms with van der Waals surface area (Å²) in [7, 11) is 0. The number of rotatable bonds is 33. The molecule has 0 saturated carbocycles. The molecule has 0 aromatic heterocycles. The van der Waals surface area contributed by atoms with E-state index in [4.69, 9.17) is 9.47 Å². The number of esters is 2. The summed E-state index contributed by atoms with van der Waals surface area (Å²) < 4.78 is 10.6. The molecule has 0 spiro atoms. The number of carbonyl (C=O) groups excluding carboxylic acids is 2. The minimum Gasteiger partial charge on any atom is -0.462 e. The molecule has 0 heterocycles. The Morgan fingerprint density at radius 3 is 1.41 bits per heavy atom. The average molecular weight is 619 g/mol. The molecule has 0 aliphatic carbocycles. The fraction of sp³-hybridized carbons (Fsp3) is 0.795. The van der Waals surface area contributed by atoms with Gasteiger partial charge in [-0.2, -0.15) is 0 Å². The molecule has 0 bridgehead atoms. The van der Waals surface area contributed by atoms with Crippen molar-refractivity contribution in [2.45, 2.75) is 187 Å². The number of aliphatic hydroxyl groups is 1. The first kappa shape index (κ1) is 42.1. The van der Waals surface area contributed by atoms with Gasteiger partial charge in [-0.05, 0) is 51.4 Å². The van der Waals surface area contributed by atoms with Gasteiger partial charge in [0.1, 0.15) is 6.61 Å². The molecule has 0 fully saturated rings. The van der Waals surface area contributed by atoms with Crippen molar-refractivity contribution in [1.29, 1.82) is 0 Å². The molecule has 44 heavy (non-hydrogen) atoms. The van der Waals surface area contributed by atoms with Gasteiger partial charge >= 0.3 is 11.9 Å². The highest BCUT2D eigenvalue weighted by atomic mass is 16.6. The molecule has 1 unspecified atom stereocenters. The Morgan fingerprint density at radius 1 is 0.523 bits per heavy atom. The van der Waals surface area contributed by atoms with Crippen LogP contribution in [-0.4, -0.2) is 36.4 Å². The topological polar surface area (TPSA) is 72.8 Å². The Kier molecular flexibility index (Phi) is 34.1. The highest BCUT2D eigenvalue weighted by molar-refractivity contribution is 5.70. The maximum atomic E-state index is 12.1. The molecule has 0 rings (SSSR count). The first-order valence-corrected chi connectivity index (χ1v) is 18.5. The van der Waals surface area contributed by atoms with Crippen LogP contribution >= 0.6 is 0 Å². The van der Waals surface area contributed by atoms with Gasteiger partial charge in [0.05, 0.1) is 6.61 Å². The lowest BCUT2D eigenvalue weighted by atomic mass is 10.0. The van der Waals surface area contributed by atoms with Gasteiger partial charge in [0.25, 0.3) is 0 Å². The average Bonchev–Trinajstić information content (AvgIpc) is 3.02. The summed E-state index contributed by atoms with van der Waals surface area (Å²) in [6, 6.07) is 0. The third kappa shape index (κ3) is 33.0. The molecule has 0 amide bonds. The summed E-state index contributed by atoms with van der Waals surface area (Å²) in [6.07, 6.45) is 41.9. The Bertz CT molecular complexity index is 711. The SMILES string of the molecule is CCCCCC=CCC=CCC=CCCCCCCC(=O)OC(CO)COC(=O)CCCCCCCCCCCCCCC. The van der Waals surface area contributed by atoms with E-state index >= 15 is 0 Å². The van der Waals surface area contributed by atoms with Gasteiger partial charge in [-0.25, -0.2) is 0 Å². The third-order valence-electron chi connectivity index (χ3n) is 7.94. The minimum atomic E-state index is -0.779. The van der Waals surface area contributed by atoms with Crippen LogP contribution in [0.15, 0.2) is 36.5 Å². The zero-order valence-corrected chi connectivity index (χ0v) is 28.9. The number of allylic oxidation sites excluding steroid dienone is 6. The summed E-state index contributed by atoms with van der Waals surface area (Å²) in [5.41, 5.74) is 0. The molecule has 5 heteroatoms. The lowest BCUT2D eigenvalue weighted by molar-refractivity contribution is -0.161. The van der Waals surface area contributed by atoms with E-state index < -0.39 is 6.10 Å². The largest absolute Gasteiger partial charge is 0.462 e. The van der Waals surface area contributed by atoms with E-state index in [-0.39, 0.29) is 25.2 Å². The van der Waals surface area contributed by atoms with E-state index in [9.17, 15) is 14.7 Å². The summed E-state index contributed by atoms with van der Waals surface area (Å²) in [4.78, 5) is 24.2. The third-order valence-corrected chi connectivity index (χ3v) is 7.94. The van der Waals surface area contributed by atoms with Crippen molar-refractivity contribution in [2.75, 3.05) is 13.2 Å². The normalized spacial score (nSPS) is 12.5. The molecule has 0 radical (unpaired) electrons. The van der Waals surface area contributed by atoms with Crippen molar-refractivity contribution in [2.24, 2.45) is 0 Å². The Morgan fingerprint density at radius 2 is 0.909 bits per heavy atom. The predicted octanol–water partition coefficient (Wildman–Crippen LogP) is 11.3. The lowest BCUT2D eigenvalue weighted by Crippen LogP contribution is -2.28. The summed E-state index contributed by atoms with van der Waals surface area (Å²) >= 11 is 0. The molecule has 256 valence electrons. The molecule has 0 aromatic carbocycles. The van der Waals surface area contributed by atoms with Crippen molar-refractivity contribution < 1.29 is 24.2 Å². The second-order valence-electron chi connectivity index (χ2n) is 12.3. The van der Waals surface area contributed by atoms with Crippen molar-refractivity contribution in [3.63, 3.8) is 0 Å². The van der Waals surface area contributed by atoms with Gasteiger partial charge in [0, 0.05) is 12.8 Å². The number of ether oxygens (including phenoxy) is 2. The second-order valence-corrected chi connectivity index (χ2v) is 12.3. The minimum absolute atomic E-state index is 0.0726. The van der Waals surface area contributed by atoms with Gasteiger partial charge in [-0.3, -0.25) is 9.59 Å². The molecule has 0 aliphatic heterocycles. The van der Waals surface area contributed by atoms with Gasteiger partial charge in [-0.15, -0.1) is 0 Å². The van der Waals surface area contributed by atoms with Crippen molar-refractivity contribution in [1.82, 2.24) is 0 Å². The molecule has 0 aliphatic rings. The smallest absolute Gasteiger partial charge is 0.306 e. The Balaban J connectivity index is 3.61. The van der Waals surface area contributed by atoms with Crippen LogP contribution < -0.4 is 0 Å². The first-order chi connectivity index (χ1) is 21.6. The van der Waals surface area contributed by atoms with Gasteiger partial charge in [0.15, 0.2) is 6.10 Å². The maximum Gasteiger partial charge on any atom is 0.306 e. The fourth-order valence-electron chi connectivity index (χ4n) is 5.09. The van der Waals surface area contributed by atoms with E-state index in [0.29, 0.717) is 12.8 Å². The lowest BCUT2D eigenvalue weighted by Gasteiger charge is -2.15. The van der Waals surface area contributed by atoms with E-state index in [1.807, 2.05) is 0 Å². The molecular weight excluding hydrogens is 548 g/mol. The van der Waals surface area contributed by atoms with Crippen LogP contribution in [0.1, 0.15) is 181 Å². The standard InChI is InChI=1S/C39H70O5/c1-3-5-7-9-11-13-15-17-18-19-20-22-24-26-28-30-32-34-39(42)44-37(35-40)36-43-38(41)33-31-29-27-25-23-21-16-14-12-10-8-6-4-2/h11,13,17-18,20,22,37,40H,3-10,12,14-16,19,21,23-36H2,1-2H3. The Hall–Kier alpha value is -1.88. The maximum absolute atomic E-state index is 12.1. The molecule has 1 atom stereocenters. The quantitative estimate of drug-likeness (QED) is 0.0450.